The number of rotatable bonds is 4. The van der Waals surface area contributed by atoms with Crippen molar-refractivity contribution >= 4 is 15.9 Å². The highest BCUT2D eigenvalue weighted by atomic mass is 79.9. The van der Waals surface area contributed by atoms with Gasteiger partial charge in [0.25, 0.3) is 0 Å². The van der Waals surface area contributed by atoms with Crippen LogP contribution in [0, 0.1) is 0 Å². The lowest BCUT2D eigenvalue weighted by Gasteiger charge is -2.27. The van der Waals surface area contributed by atoms with Crippen LogP contribution in [0.4, 0.5) is 0 Å². The van der Waals surface area contributed by atoms with Crippen molar-refractivity contribution in [2.24, 2.45) is 0 Å². The standard InChI is InChI=1S/C18H20BrNO/c1-21-16-9-10-17-14(11-16)3-2-4-18(17)20-12-13-5-7-15(19)8-6-13/h5-11,18,20H,2-4,12H2,1H3. The molecule has 1 atom stereocenters. The van der Waals surface area contributed by atoms with E-state index in [2.05, 4.69) is 63.7 Å². The molecule has 21 heavy (non-hydrogen) atoms. The summed E-state index contributed by atoms with van der Waals surface area (Å²) in [5.74, 6) is 0.960. The van der Waals surface area contributed by atoms with Gasteiger partial charge in [0, 0.05) is 17.1 Å². The zero-order valence-corrected chi connectivity index (χ0v) is 13.8. The van der Waals surface area contributed by atoms with Crippen LogP contribution in [-0.4, -0.2) is 7.11 Å². The summed E-state index contributed by atoms with van der Waals surface area (Å²) < 4.78 is 6.46. The summed E-state index contributed by atoms with van der Waals surface area (Å²) in [6, 6.07) is 15.4. The van der Waals surface area contributed by atoms with Crippen molar-refractivity contribution in [1.82, 2.24) is 5.32 Å². The van der Waals surface area contributed by atoms with Gasteiger partial charge in [0.2, 0.25) is 0 Å². The van der Waals surface area contributed by atoms with Gasteiger partial charge in [-0.3, -0.25) is 0 Å². The molecule has 0 saturated heterocycles. The fourth-order valence-corrected chi connectivity index (χ4v) is 3.24. The maximum atomic E-state index is 5.33. The van der Waals surface area contributed by atoms with E-state index in [-0.39, 0.29) is 0 Å². The lowest BCUT2D eigenvalue weighted by molar-refractivity contribution is 0.410. The predicted octanol–water partition coefficient (Wildman–Crippen LogP) is 4.62. The van der Waals surface area contributed by atoms with Crippen molar-refractivity contribution in [3.63, 3.8) is 0 Å². The zero-order chi connectivity index (χ0) is 14.7. The molecule has 110 valence electrons. The molecular formula is C18H20BrNO. The van der Waals surface area contributed by atoms with Crippen LogP contribution < -0.4 is 10.1 Å². The minimum absolute atomic E-state index is 0.448. The Bertz CT molecular complexity index is 609. The van der Waals surface area contributed by atoms with Crippen LogP contribution in [0.15, 0.2) is 46.9 Å². The van der Waals surface area contributed by atoms with Gasteiger partial charge in [0.15, 0.2) is 0 Å². The van der Waals surface area contributed by atoms with Crippen molar-refractivity contribution < 1.29 is 4.74 Å². The van der Waals surface area contributed by atoms with Crippen molar-refractivity contribution in [2.45, 2.75) is 31.8 Å². The average Bonchev–Trinajstić information content (AvgIpc) is 2.53. The number of halogens is 1. The predicted molar refractivity (Wildman–Crippen MR) is 89.7 cm³/mol. The summed E-state index contributed by atoms with van der Waals surface area (Å²) in [6.45, 7) is 0.906. The molecule has 0 radical (unpaired) electrons. The topological polar surface area (TPSA) is 21.3 Å². The maximum Gasteiger partial charge on any atom is 0.119 e. The van der Waals surface area contributed by atoms with E-state index in [0.29, 0.717) is 6.04 Å². The van der Waals surface area contributed by atoms with E-state index in [1.807, 2.05) is 0 Å². The van der Waals surface area contributed by atoms with Gasteiger partial charge >= 0.3 is 0 Å². The van der Waals surface area contributed by atoms with Gasteiger partial charge in [-0.1, -0.05) is 34.1 Å². The molecule has 2 aromatic carbocycles. The summed E-state index contributed by atoms with van der Waals surface area (Å²) >= 11 is 3.48. The average molecular weight is 346 g/mol. The second kappa shape index (κ2) is 6.63. The van der Waals surface area contributed by atoms with Crippen molar-refractivity contribution in [2.75, 3.05) is 7.11 Å². The molecule has 1 aliphatic carbocycles. The Morgan fingerprint density at radius 3 is 2.76 bits per heavy atom. The van der Waals surface area contributed by atoms with Crippen LogP contribution >= 0.6 is 15.9 Å². The van der Waals surface area contributed by atoms with Gasteiger partial charge in [-0.2, -0.15) is 0 Å². The lowest BCUT2D eigenvalue weighted by atomic mass is 9.87. The first-order valence-corrected chi connectivity index (χ1v) is 8.20. The van der Waals surface area contributed by atoms with Crippen LogP contribution in [0.5, 0.6) is 5.75 Å². The molecule has 0 fully saturated rings. The van der Waals surface area contributed by atoms with E-state index < -0.39 is 0 Å². The third-order valence-electron chi connectivity index (χ3n) is 4.13. The zero-order valence-electron chi connectivity index (χ0n) is 12.2. The number of hydrogen-bond acceptors (Lipinski definition) is 2. The first-order valence-electron chi connectivity index (χ1n) is 7.41. The molecule has 1 aliphatic rings. The third-order valence-corrected chi connectivity index (χ3v) is 4.66. The van der Waals surface area contributed by atoms with Crippen LogP contribution in [0.2, 0.25) is 0 Å². The molecule has 1 unspecified atom stereocenters. The fraction of sp³-hybridized carbons (Fsp3) is 0.333. The molecule has 0 bridgehead atoms. The van der Waals surface area contributed by atoms with Crippen LogP contribution in [0.1, 0.15) is 35.6 Å². The largest absolute Gasteiger partial charge is 0.497 e. The number of benzene rings is 2. The Morgan fingerprint density at radius 1 is 1.19 bits per heavy atom. The van der Waals surface area contributed by atoms with E-state index in [1.165, 1.54) is 29.5 Å². The maximum absolute atomic E-state index is 5.33. The number of methoxy groups -OCH3 is 1. The van der Waals surface area contributed by atoms with Crippen LogP contribution in [-0.2, 0) is 13.0 Å². The van der Waals surface area contributed by atoms with E-state index >= 15 is 0 Å². The Morgan fingerprint density at radius 2 is 2.00 bits per heavy atom. The second-order valence-corrected chi connectivity index (χ2v) is 6.43. The quantitative estimate of drug-likeness (QED) is 0.872. The molecule has 0 amide bonds. The molecule has 1 N–H and O–H groups in total. The van der Waals surface area contributed by atoms with E-state index in [1.54, 1.807) is 7.11 Å². The van der Waals surface area contributed by atoms with Crippen molar-refractivity contribution in [3.05, 3.63) is 63.6 Å². The molecule has 0 heterocycles. The molecule has 2 nitrogen and oxygen atoms in total. The van der Waals surface area contributed by atoms with Crippen LogP contribution in [0.25, 0.3) is 0 Å². The molecular weight excluding hydrogens is 326 g/mol. The summed E-state index contributed by atoms with van der Waals surface area (Å²) in [5.41, 5.74) is 4.17. The first-order chi connectivity index (χ1) is 10.3. The summed E-state index contributed by atoms with van der Waals surface area (Å²) in [7, 11) is 1.73. The van der Waals surface area contributed by atoms with Crippen LogP contribution in [0.3, 0.4) is 0 Å². The second-order valence-electron chi connectivity index (χ2n) is 5.52. The summed E-state index contributed by atoms with van der Waals surface area (Å²) in [6.07, 6.45) is 3.59. The highest BCUT2D eigenvalue weighted by molar-refractivity contribution is 9.10. The first kappa shape index (κ1) is 14.6. The molecule has 2 aromatic rings. The number of nitrogens with one attached hydrogen (secondary N) is 1. The van der Waals surface area contributed by atoms with Crippen molar-refractivity contribution in [1.29, 1.82) is 0 Å². The number of aryl methyl sites for hydroxylation is 1. The summed E-state index contributed by atoms with van der Waals surface area (Å²) in [4.78, 5) is 0. The number of ether oxygens (including phenoxy) is 1. The molecule has 0 saturated carbocycles. The SMILES string of the molecule is COc1ccc2c(c1)CCCC2NCc1ccc(Br)cc1. The lowest BCUT2D eigenvalue weighted by Crippen LogP contribution is -2.24. The highest BCUT2D eigenvalue weighted by Gasteiger charge is 2.20. The van der Waals surface area contributed by atoms with Gasteiger partial charge in [-0.05, 0) is 60.2 Å². The van der Waals surface area contributed by atoms with Gasteiger partial charge < -0.3 is 10.1 Å². The van der Waals surface area contributed by atoms with Gasteiger partial charge in [0.05, 0.1) is 7.11 Å². The fourth-order valence-electron chi connectivity index (χ4n) is 2.97. The molecule has 0 aromatic heterocycles. The number of hydrogen-bond donors (Lipinski definition) is 1. The van der Waals surface area contributed by atoms with Crippen molar-refractivity contribution in [3.8, 4) is 5.75 Å². The third kappa shape index (κ3) is 3.47. The number of fused-ring (bicyclic) bond motifs is 1. The Balaban J connectivity index is 1.71. The summed E-state index contributed by atoms with van der Waals surface area (Å²) in [5, 5.41) is 3.69. The van der Waals surface area contributed by atoms with E-state index in [9.17, 15) is 0 Å². The Kier molecular flexibility index (Phi) is 4.61. The Hall–Kier alpha value is -1.32. The Labute approximate surface area is 134 Å². The van der Waals surface area contributed by atoms with Gasteiger partial charge in [-0.15, -0.1) is 0 Å². The monoisotopic (exact) mass is 345 g/mol. The highest BCUT2D eigenvalue weighted by Crippen LogP contribution is 2.32. The minimum atomic E-state index is 0.448. The van der Waals surface area contributed by atoms with Gasteiger partial charge in [0.1, 0.15) is 5.75 Å². The normalized spacial score (nSPS) is 17.3. The van der Waals surface area contributed by atoms with E-state index in [0.717, 1.165) is 23.2 Å². The minimum Gasteiger partial charge on any atom is -0.497 e. The van der Waals surface area contributed by atoms with Gasteiger partial charge in [-0.25, -0.2) is 0 Å². The smallest absolute Gasteiger partial charge is 0.119 e. The van der Waals surface area contributed by atoms with E-state index in [4.69, 9.17) is 4.74 Å². The molecule has 3 heteroatoms. The molecule has 3 rings (SSSR count). The molecule has 0 spiro atoms. The molecule has 0 aliphatic heterocycles.